The number of hydrogen-bond donors (Lipinski definition) is 0. The summed E-state index contributed by atoms with van der Waals surface area (Å²) < 4.78 is 13.0. The second-order valence-electron chi connectivity index (χ2n) is 2.21. The SMILES string of the molecule is N#CCSC(=O)c1ccccc1F. The molecule has 0 radical (unpaired) electrons. The van der Waals surface area contributed by atoms with Crippen molar-refractivity contribution < 1.29 is 9.18 Å². The predicted molar refractivity (Wildman–Crippen MR) is 48.8 cm³/mol. The molecule has 0 amide bonds. The normalized spacial score (nSPS) is 9.23. The summed E-state index contributed by atoms with van der Waals surface area (Å²) in [7, 11) is 0. The van der Waals surface area contributed by atoms with Gasteiger partial charge in [0.05, 0.1) is 17.4 Å². The van der Waals surface area contributed by atoms with E-state index < -0.39 is 10.9 Å². The van der Waals surface area contributed by atoms with Gasteiger partial charge in [0.25, 0.3) is 0 Å². The molecule has 0 N–H and O–H groups in total. The van der Waals surface area contributed by atoms with Gasteiger partial charge in [0, 0.05) is 0 Å². The van der Waals surface area contributed by atoms with Crippen molar-refractivity contribution in [3.63, 3.8) is 0 Å². The summed E-state index contributed by atoms with van der Waals surface area (Å²) >= 11 is 0.804. The summed E-state index contributed by atoms with van der Waals surface area (Å²) in [6, 6.07) is 7.54. The van der Waals surface area contributed by atoms with Crippen LogP contribution in [0.5, 0.6) is 0 Å². The van der Waals surface area contributed by atoms with Crippen LogP contribution in [0, 0.1) is 17.1 Å². The maximum Gasteiger partial charge on any atom is 0.223 e. The highest BCUT2D eigenvalue weighted by Gasteiger charge is 2.10. The Balaban J connectivity index is 2.78. The number of benzene rings is 1. The Hall–Kier alpha value is -1.34. The van der Waals surface area contributed by atoms with Gasteiger partial charge in [-0.05, 0) is 12.1 Å². The van der Waals surface area contributed by atoms with Gasteiger partial charge in [-0.1, -0.05) is 23.9 Å². The average Bonchev–Trinajstić information content (AvgIpc) is 2.15. The highest BCUT2D eigenvalue weighted by molar-refractivity contribution is 8.14. The summed E-state index contributed by atoms with van der Waals surface area (Å²) in [5.74, 6) is -0.495. The number of halogens is 1. The number of nitriles is 1. The summed E-state index contributed by atoms with van der Waals surface area (Å²) in [6.45, 7) is 0. The Labute approximate surface area is 79.4 Å². The molecule has 0 atom stereocenters. The van der Waals surface area contributed by atoms with Crippen LogP contribution in [-0.2, 0) is 0 Å². The van der Waals surface area contributed by atoms with E-state index in [0.29, 0.717) is 0 Å². The molecular formula is C9H6FNOS. The molecule has 4 heteroatoms. The van der Waals surface area contributed by atoms with Gasteiger partial charge in [0.1, 0.15) is 5.82 Å². The van der Waals surface area contributed by atoms with Gasteiger partial charge in [-0.15, -0.1) is 0 Å². The molecule has 0 unspecified atom stereocenters. The summed E-state index contributed by atoms with van der Waals surface area (Å²) in [6.07, 6.45) is 0. The van der Waals surface area contributed by atoms with Gasteiger partial charge < -0.3 is 0 Å². The third-order valence-corrected chi connectivity index (χ3v) is 2.12. The number of thioether (sulfide) groups is 1. The number of nitrogens with zero attached hydrogens (tertiary/aromatic N) is 1. The minimum Gasteiger partial charge on any atom is -0.281 e. The van der Waals surface area contributed by atoms with E-state index in [-0.39, 0.29) is 11.3 Å². The molecule has 2 nitrogen and oxygen atoms in total. The fourth-order valence-electron chi connectivity index (χ4n) is 0.802. The van der Waals surface area contributed by atoms with E-state index in [0.717, 1.165) is 11.8 Å². The molecular weight excluding hydrogens is 189 g/mol. The lowest BCUT2D eigenvalue weighted by Gasteiger charge is -1.97. The van der Waals surface area contributed by atoms with Gasteiger partial charge in [0.15, 0.2) is 0 Å². The van der Waals surface area contributed by atoms with E-state index in [1.807, 2.05) is 6.07 Å². The largest absolute Gasteiger partial charge is 0.281 e. The second-order valence-corrected chi connectivity index (χ2v) is 3.16. The molecule has 0 saturated carbocycles. The average molecular weight is 195 g/mol. The highest BCUT2D eigenvalue weighted by atomic mass is 32.2. The lowest BCUT2D eigenvalue weighted by Crippen LogP contribution is -1.97. The van der Waals surface area contributed by atoms with Crippen LogP contribution in [0.1, 0.15) is 10.4 Å². The molecule has 0 aliphatic heterocycles. The third kappa shape index (κ3) is 2.56. The number of carbonyl (C=O) groups excluding carboxylic acids is 1. The quantitative estimate of drug-likeness (QED) is 0.726. The number of rotatable bonds is 2. The Morgan fingerprint density at radius 3 is 2.85 bits per heavy atom. The first-order chi connectivity index (χ1) is 6.25. The fourth-order valence-corrected chi connectivity index (χ4v) is 1.32. The van der Waals surface area contributed by atoms with E-state index in [1.54, 1.807) is 6.07 Å². The fraction of sp³-hybridized carbons (Fsp3) is 0.111. The van der Waals surface area contributed by atoms with E-state index in [9.17, 15) is 9.18 Å². The van der Waals surface area contributed by atoms with Crippen molar-refractivity contribution in [3.8, 4) is 6.07 Å². The zero-order chi connectivity index (χ0) is 9.68. The Morgan fingerprint density at radius 2 is 2.23 bits per heavy atom. The molecule has 1 aromatic carbocycles. The third-order valence-electron chi connectivity index (χ3n) is 1.36. The lowest BCUT2D eigenvalue weighted by molar-refractivity contribution is 0.108. The van der Waals surface area contributed by atoms with Crippen molar-refractivity contribution in [1.29, 1.82) is 5.26 Å². The molecule has 0 aliphatic rings. The van der Waals surface area contributed by atoms with E-state index in [1.165, 1.54) is 18.2 Å². The first-order valence-electron chi connectivity index (χ1n) is 3.54. The van der Waals surface area contributed by atoms with Gasteiger partial charge in [-0.2, -0.15) is 5.26 Å². The molecule has 0 aliphatic carbocycles. The molecule has 66 valence electrons. The molecule has 0 heterocycles. The Bertz CT molecular complexity index is 359. The molecule has 13 heavy (non-hydrogen) atoms. The van der Waals surface area contributed by atoms with E-state index in [4.69, 9.17) is 5.26 Å². The lowest BCUT2D eigenvalue weighted by atomic mass is 10.2. The highest BCUT2D eigenvalue weighted by Crippen LogP contribution is 2.14. The van der Waals surface area contributed by atoms with Gasteiger partial charge >= 0.3 is 0 Å². The molecule has 1 aromatic rings. The van der Waals surface area contributed by atoms with Crippen LogP contribution in [0.2, 0.25) is 0 Å². The van der Waals surface area contributed by atoms with Gasteiger partial charge in [-0.25, -0.2) is 4.39 Å². The van der Waals surface area contributed by atoms with Crippen LogP contribution < -0.4 is 0 Å². The zero-order valence-corrected chi connectivity index (χ0v) is 7.47. The summed E-state index contributed by atoms with van der Waals surface area (Å²) in [5.41, 5.74) is 0.0303. The van der Waals surface area contributed by atoms with Crippen molar-refractivity contribution in [2.24, 2.45) is 0 Å². The smallest absolute Gasteiger partial charge is 0.223 e. The van der Waals surface area contributed by atoms with Gasteiger partial charge in [-0.3, -0.25) is 4.79 Å². The maximum absolute atomic E-state index is 13.0. The number of carbonyl (C=O) groups is 1. The zero-order valence-electron chi connectivity index (χ0n) is 6.66. The van der Waals surface area contributed by atoms with Crippen LogP contribution in [0.25, 0.3) is 0 Å². The predicted octanol–water partition coefficient (Wildman–Crippen LogP) is 2.22. The molecule has 0 aromatic heterocycles. The van der Waals surface area contributed by atoms with E-state index in [2.05, 4.69) is 0 Å². The van der Waals surface area contributed by atoms with Crippen LogP contribution in [-0.4, -0.2) is 10.9 Å². The summed E-state index contributed by atoms with van der Waals surface area (Å²) in [5, 5.41) is 7.81. The monoisotopic (exact) mass is 195 g/mol. The summed E-state index contributed by atoms with van der Waals surface area (Å²) in [4.78, 5) is 11.2. The Kier molecular flexibility index (Phi) is 3.47. The standard InChI is InChI=1S/C9H6FNOS/c10-8-4-2-1-3-7(8)9(12)13-6-5-11/h1-4H,6H2. The van der Waals surface area contributed by atoms with Crippen molar-refractivity contribution in [3.05, 3.63) is 35.6 Å². The van der Waals surface area contributed by atoms with Gasteiger partial charge in [0.2, 0.25) is 5.12 Å². The van der Waals surface area contributed by atoms with Crippen molar-refractivity contribution in [2.45, 2.75) is 0 Å². The molecule has 0 saturated heterocycles. The van der Waals surface area contributed by atoms with Crippen LogP contribution in [0.3, 0.4) is 0 Å². The second kappa shape index (κ2) is 4.63. The van der Waals surface area contributed by atoms with Crippen LogP contribution in [0.15, 0.2) is 24.3 Å². The molecule has 0 fully saturated rings. The van der Waals surface area contributed by atoms with Crippen molar-refractivity contribution in [2.75, 3.05) is 5.75 Å². The first kappa shape index (κ1) is 9.75. The van der Waals surface area contributed by atoms with Crippen LogP contribution in [0.4, 0.5) is 4.39 Å². The van der Waals surface area contributed by atoms with Crippen molar-refractivity contribution in [1.82, 2.24) is 0 Å². The molecule has 0 spiro atoms. The van der Waals surface area contributed by atoms with Crippen molar-refractivity contribution >= 4 is 16.9 Å². The minimum atomic E-state index is -0.544. The number of hydrogen-bond acceptors (Lipinski definition) is 3. The van der Waals surface area contributed by atoms with E-state index >= 15 is 0 Å². The molecule has 0 bridgehead atoms. The topological polar surface area (TPSA) is 40.9 Å². The Morgan fingerprint density at radius 1 is 1.54 bits per heavy atom. The minimum absolute atomic E-state index is 0.0303. The first-order valence-corrected chi connectivity index (χ1v) is 4.53. The maximum atomic E-state index is 13.0. The van der Waals surface area contributed by atoms with Crippen LogP contribution >= 0.6 is 11.8 Å². The molecule has 1 rings (SSSR count).